The van der Waals surface area contributed by atoms with Crippen LogP contribution in [0.4, 0.5) is 10.2 Å². The molecule has 1 atom stereocenters. The quantitative estimate of drug-likeness (QED) is 0.312. The van der Waals surface area contributed by atoms with Gasteiger partial charge in [-0.05, 0) is 29.8 Å². The lowest BCUT2D eigenvalue weighted by Gasteiger charge is -2.21. The van der Waals surface area contributed by atoms with Crippen molar-refractivity contribution >= 4 is 28.0 Å². The van der Waals surface area contributed by atoms with Crippen LogP contribution < -0.4 is 5.32 Å². The second-order valence-electron chi connectivity index (χ2n) is 8.30. The first kappa shape index (κ1) is 21.9. The lowest BCUT2D eigenvalue weighted by Crippen LogP contribution is -2.22. The second kappa shape index (κ2) is 9.55. The molecule has 0 bridgehead atoms. The van der Waals surface area contributed by atoms with E-state index >= 15 is 0 Å². The number of rotatable bonds is 8. The van der Waals surface area contributed by atoms with Gasteiger partial charge < -0.3 is 15.0 Å². The zero-order valence-electron chi connectivity index (χ0n) is 19.2. The SMILES string of the molecule is Fc1ccc2nc([C@H](COCc3ccccc3)Nc3ncnc4nc[nH]c34)n(-c3ccccc3)c2c1. The Morgan fingerprint density at radius 3 is 2.58 bits per heavy atom. The van der Waals surface area contributed by atoms with Crippen LogP contribution >= 0.6 is 0 Å². The maximum absolute atomic E-state index is 14.3. The lowest BCUT2D eigenvalue weighted by atomic mass is 10.2. The number of halogens is 1. The zero-order valence-corrected chi connectivity index (χ0v) is 19.2. The molecule has 36 heavy (non-hydrogen) atoms. The molecule has 2 N–H and O–H groups in total. The molecule has 6 aromatic rings. The normalized spacial score (nSPS) is 12.2. The van der Waals surface area contributed by atoms with Crippen LogP contribution in [0.1, 0.15) is 17.4 Å². The molecule has 8 nitrogen and oxygen atoms in total. The maximum Gasteiger partial charge on any atom is 0.182 e. The minimum absolute atomic E-state index is 0.285. The van der Waals surface area contributed by atoms with E-state index in [4.69, 9.17) is 9.72 Å². The smallest absolute Gasteiger partial charge is 0.182 e. The number of hydrogen-bond donors (Lipinski definition) is 2. The monoisotopic (exact) mass is 479 g/mol. The van der Waals surface area contributed by atoms with Gasteiger partial charge in [0.1, 0.15) is 29.5 Å². The van der Waals surface area contributed by atoms with E-state index in [1.54, 1.807) is 12.4 Å². The highest BCUT2D eigenvalue weighted by Gasteiger charge is 2.24. The standard InChI is InChI=1S/C27H22FN7O/c28-19-11-12-21-23(13-19)35(20-9-5-2-6-10-20)27(34-21)22(15-36-14-18-7-3-1-4-8-18)33-26-24-25(30-16-29-24)31-17-32-26/h1-13,16-17,22H,14-15H2,(H2,29,30,31,32,33)/t22-/m0/s1. The molecular formula is C27H22FN7O. The van der Waals surface area contributed by atoms with Crippen LogP contribution in [-0.2, 0) is 11.3 Å². The molecule has 9 heteroatoms. The number of fused-ring (bicyclic) bond motifs is 2. The topological polar surface area (TPSA) is 93.5 Å². The maximum atomic E-state index is 14.3. The molecular weight excluding hydrogens is 457 g/mol. The van der Waals surface area contributed by atoms with Gasteiger partial charge in [-0.3, -0.25) is 4.57 Å². The lowest BCUT2D eigenvalue weighted by molar-refractivity contribution is 0.110. The van der Waals surface area contributed by atoms with E-state index in [9.17, 15) is 4.39 Å². The number of aromatic amines is 1. The fraction of sp³-hybridized carbons (Fsp3) is 0.111. The molecule has 0 aliphatic carbocycles. The van der Waals surface area contributed by atoms with Crippen molar-refractivity contribution in [1.82, 2.24) is 29.5 Å². The minimum Gasteiger partial charge on any atom is -0.374 e. The molecule has 3 aromatic carbocycles. The minimum atomic E-state index is -0.425. The summed E-state index contributed by atoms with van der Waals surface area (Å²) in [6.07, 6.45) is 3.04. The van der Waals surface area contributed by atoms with E-state index in [1.807, 2.05) is 65.2 Å². The van der Waals surface area contributed by atoms with Crippen molar-refractivity contribution in [2.45, 2.75) is 12.6 Å². The highest BCUT2D eigenvalue weighted by molar-refractivity contribution is 5.82. The summed E-state index contributed by atoms with van der Waals surface area (Å²) in [7, 11) is 0. The molecule has 0 radical (unpaired) electrons. The van der Waals surface area contributed by atoms with Gasteiger partial charge in [0.05, 0.1) is 30.6 Å². The van der Waals surface area contributed by atoms with E-state index in [-0.39, 0.29) is 12.4 Å². The number of aromatic nitrogens is 6. The summed E-state index contributed by atoms with van der Waals surface area (Å²) >= 11 is 0. The number of benzene rings is 3. The molecule has 0 aliphatic rings. The van der Waals surface area contributed by atoms with Crippen molar-refractivity contribution in [2.24, 2.45) is 0 Å². The van der Waals surface area contributed by atoms with Crippen molar-refractivity contribution in [2.75, 3.05) is 11.9 Å². The van der Waals surface area contributed by atoms with Crippen molar-refractivity contribution in [3.8, 4) is 5.69 Å². The van der Waals surface area contributed by atoms with Crippen LogP contribution in [0.3, 0.4) is 0 Å². The third kappa shape index (κ3) is 4.27. The van der Waals surface area contributed by atoms with E-state index in [0.717, 1.165) is 11.3 Å². The first-order valence-corrected chi connectivity index (χ1v) is 11.5. The van der Waals surface area contributed by atoms with Gasteiger partial charge in [0.2, 0.25) is 0 Å². The Balaban J connectivity index is 1.44. The number of imidazole rings is 2. The highest BCUT2D eigenvalue weighted by atomic mass is 19.1. The number of anilines is 1. The summed E-state index contributed by atoms with van der Waals surface area (Å²) in [6.45, 7) is 0.718. The number of para-hydroxylation sites is 1. The number of nitrogens with zero attached hydrogens (tertiary/aromatic N) is 5. The highest BCUT2D eigenvalue weighted by Crippen LogP contribution is 2.29. The van der Waals surface area contributed by atoms with Crippen LogP contribution in [0.5, 0.6) is 0 Å². The third-order valence-electron chi connectivity index (χ3n) is 5.90. The summed E-state index contributed by atoms with van der Waals surface area (Å²) in [6, 6.07) is 23.9. The van der Waals surface area contributed by atoms with Gasteiger partial charge in [0.25, 0.3) is 0 Å². The largest absolute Gasteiger partial charge is 0.374 e. The van der Waals surface area contributed by atoms with Crippen LogP contribution in [0, 0.1) is 5.82 Å². The Bertz CT molecular complexity index is 1620. The van der Waals surface area contributed by atoms with Gasteiger partial charge in [0.15, 0.2) is 11.5 Å². The molecule has 0 saturated carbocycles. The predicted octanol–water partition coefficient (Wildman–Crippen LogP) is 5.20. The molecule has 0 unspecified atom stereocenters. The van der Waals surface area contributed by atoms with Gasteiger partial charge >= 0.3 is 0 Å². The summed E-state index contributed by atoms with van der Waals surface area (Å²) in [5, 5.41) is 3.47. The summed E-state index contributed by atoms with van der Waals surface area (Å²) in [5.74, 6) is 0.913. The fourth-order valence-electron chi connectivity index (χ4n) is 4.24. The van der Waals surface area contributed by atoms with Gasteiger partial charge in [-0.25, -0.2) is 24.3 Å². The van der Waals surface area contributed by atoms with E-state index in [2.05, 4.69) is 25.3 Å². The zero-order chi connectivity index (χ0) is 24.3. The first-order valence-electron chi connectivity index (χ1n) is 11.5. The summed E-state index contributed by atoms with van der Waals surface area (Å²) in [5.41, 5.74) is 4.51. The number of H-pyrrole nitrogens is 1. The molecule has 6 rings (SSSR count). The van der Waals surface area contributed by atoms with Crippen LogP contribution in [0.25, 0.3) is 27.9 Å². The van der Waals surface area contributed by atoms with Crippen LogP contribution in [0.2, 0.25) is 0 Å². The molecule has 3 aromatic heterocycles. The van der Waals surface area contributed by atoms with Crippen molar-refractivity contribution < 1.29 is 9.13 Å². The van der Waals surface area contributed by atoms with E-state index < -0.39 is 6.04 Å². The molecule has 0 aliphatic heterocycles. The predicted molar refractivity (Wildman–Crippen MR) is 135 cm³/mol. The first-order chi connectivity index (χ1) is 17.8. The van der Waals surface area contributed by atoms with Gasteiger partial charge in [-0.1, -0.05) is 48.5 Å². The third-order valence-corrected chi connectivity index (χ3v) is 5.90. The van der Waals surface area contributed by atoms with Crippen molar-refractivity contribution in [3.05, 3.63) is 109 Å². The molecule has 178 valence electrons. The Morgan fingerprint density at radius 2 is 1.75 bits per heavy atom. The van der Waals surface area contributed by atoms with Crippen LogP contribution in [-0.4, -0.2) is 36.1 Å². The van der Waals surface area contributed by atoms with Gasteiger partial charge in [0, 0.05) is 11.8 Å². The van der Waals surface area contributed by atoms with E-state index in [1.165, 1.54) is 18.5 Å². The average molecular weight is 480 g/mol. The number of nitrogens with one attached hydrogen (secondary N) is 2. The Morgan fingerprint density at radius 1 is 0.944 bits per heavy atom. The fourth-order valence-corrected chi connectivity index (χ4v) is 4.24. The summed E-state index contributed by atoms with van der Waals surface area (Å²) < 4.78 is 22.4. The summed E-state index contributed by atoms with van der Waals surface area (Å²) in [4.78, 5) is 20.9. The molecule has 0 amide bonds. The Kier molecular flexibility index (Phi) is 5.80. The van der Waals surface area contributed by atoms with Gasteiger partial charge in [-0.2, -0.15) is 0 Å². The Hall–Kier alpha value is -4.63. The molecule has 3 heterocycles. The van der Waals surface area contributed by atoms with E-state index in [0.29, 0.717) is 40.4 Å². The van der Waals surface area contributed by atoms with Crippen molar-refractivity contribution in [3.63, 3.8) is 0 Å². The molecule has 0 spiro atoms. The van der Waals surface area contributed by atoms with Crippen LogP contribution in [0.15, 0.2) is 91.5 Å². The number of hydrogen-bond acceptors (Lipinski definition) is 6. The Labute approximate surface area is 205 Å². The van der Waals surface area contributed by atoms with Crippen molar-refractivity contribution in [1.29, 1.82) is 0 Å². The molecule has 0 saturated heterocycles. The number of ether oxygens (including phenoxy) is 1. The second-order valence-corrected chi connectivity index (χ2v) is 8.30. The average Bonchev–Trinajstić information content (AvgIpc) is 3.54. The van der Waals surface area contributed by atoms with Gasteiger partial charge in [-0.15, -0.1) is 0 Å². The molecule has 0 fully saturated rings.